The number of nitrogens with one attached hydrogen (secondary N) is 1. The van der Waals surface area contributed by atoms with E-state index in [0.717, 1.165) is 36.4 Å². The summed E-state index contributed by atoms with van der Waals surface area (Å²) in [6.45, 7) is 9.96. The SMILES string of the molecule is CC1CC(c2nc3cc(C(C)(C)C)ccc3o2)CCN1. The molecule has 3 rings (SSSR count). The summed E-state index contributed by atoms with van der Waals surface area (Å²) in [6.07, 6.45) is 2.22. The highest BCUT2D eigenvalue weighted by Gasteiger charge is 2.24. The first kappa shape index (κ1) is 13.6. The average molecular weight is 272 g/mol. The molecule has 0 spiro atoms. The van der Waals surface area contributed by atoms with Crippen LogP contribution in [-0.2, 0) is 5.41 Å². The number of benzene rings is 1. The zero-order valence-electron chi connectivity index (χ0n) is 12.9. The number of fused-ring (bicyclic) bond motifs is 1. The number of hydrogen-bond donors (Lipinski definition) is 1. The summed E-state index contributed by atoms with van der Waals surface area (Å²) in [5.41, 5.74) is 3.37. The standard InChI is InChI=1S/C17H24N2O/c1-11-9-12(7-8-18-11)16-19-14-10-13(17(2,3)4)5-6-15(14)20-16/h5-6,10-12,18H,7-9H2,1-4H3. The molecule has 0 aliphatic carbocycles. The normalized spacial score (nSPS) is 24.2. The van der Waals surface area contributed by atoms with Gasteiger partial charge in [0.25, 0.3) is 0 Å². The van der Waals surface area contributed by atoms with Gasteiger partial charge >= 0.3 is 0 Å². The quantitative estimate of drug-likeness (QED) is 0.853. The Labute approximate surface area is 120 Å². The molecule has 1 aromatic carbocycles. The molecule has 108 valence electrons. The molecule has 2 heterocycles. The fraction of sp³-hybridized carbons (Fsp3) is 0.588. The summed E-state index contributed by atoms with van der Waals surface area (Å²) in [5.74, 6) is 1.37. The minimum absolute atomic E-state index is 0.149. The second-order valence-corrected chi connectivity index (χ2v) is 7.06. The molecule has 3 heteroatoms. The van der Waals surface area contributed by atoms with Gasteiger partial charge in [0.05, 0.1) is 0 Å². The number of piperidine rings is 1. The molecule has 1 saturated heterocycles. The van der Waals surface area contributed by atoms with E-state index in [2.05, 4.69) is 51.2 Å². The van der Waals surface area contributed by atoms with Crippen LogP contribution in [0.2, 0.25) is 0 Å². The number of aromatic nitrogens is 1. The highest BCUT2D eigenvalue weighted by Crippen LogP contribution is 2.31. The van der Waals surface area contributed by atoms with Gasteiger partial charge in [0.15, 0.2) is 11.5 Å². The second-order valence-electron chi connectivity index (χ2n) is 7.06. The van der Waals surface area contributed by atoms with Crippen molar-refractivity contribution in [3.05, 3.63) is 29.7 Å². The van der Waals surface area contributed by atoms with E-state index in [9.17, 15) is 0 Å². The average Bonchev–Trinajstić information content (AvgIpc) is 2.80. The summed E-state index contributed by atoms with van der Waals surface area (Å²) >= 11 is 0. The molecule has 2 unspecified atom stereocenters. The first-order valence-electron chi connectivity index (χ1n) is 7.58. The second kappa shape index (κ2) is 4.88. The molecule has 0 bridgehead atoms. The van der Waals surface area contributed by atoms with Crippen LogP contribution in [0.5, 0.6) is 0 Å². The maximum absolute atomic E-state index is 5.98. The van der Waals surface area contributed by atoms with Crippen molar-refractivity contribution in [3.63, 3.8) is 0 Å². The lowest BCUT2D eigenvalue weighted by molar-refractivity contribution is 0.336. The highest BCUT2D eigenvalue weighted by molar-refractivity contribution is 5.73. The molecule has 2 aromatic rings. The maximum Gasteiger partial charge on any atom is 0.198 e. The van der Waals surface area contributed by atoms with Crippen LogP contribution in [0.25, 0.3) is 11.1 Å². The zero-order valence-corrected chi connectivity index (χ0v) is 12.9. The van der Waals surface area contributed by atoms with Crippen molar-refractivity contribution in [2.45, 2.75) is 57.9 Å². The van der Waals surface area contributed by atoms with Gasteiger partial charge in [-0.05, 0) is 49.4 Å². The van der Waals surface area contributed by atoms with Gasteiger partial charge in [-0.15, -0.1) is 0 Å². The minimum Gasteiger partial charge on any atom is -0.440 e. The van der Waals surface area contributed by atoms with Crippen molar-refractivity contribution in [3.8, 4) is 0 Å². The lowest BCUT2D eigenvalue weighted by Gasteiger charge is -2.25. The summed E-state index contributed by atoms with van der Waals surface area (Å²) < 4.78 is 5.98. The first-order chi connectivity index (χ1) is 9.43. The molecular weight excluding hydrogens is 248 g/mol. The highest BCUT2D eigenvalue weighted by atomic mass is 16.3. The lowest BCUT2D eigenvalue weighted by atomic mass is 9.87. The summed E-state index contributed by atoms with van der Waals surface area (Å²) in [5, 5.41) is 3.48. The molecule has 3 nitrogen and oxygen atoms in total. The number of nitrogens with zero attached hydrogens (tertiary/aromatic N) is 1. The van der Waals surface area contributed by atoms with Gasteiger partial charge in [0.2, 0.25) is 0 Å². The topological polar surface area (TPSA) is 38.1 Å². The molecule has 1 N–H and O–H groups in total. The van der Waals surface area contributed by atoms with Gasteiger partial charge < -0.3 is 9.73 Å². The Kier molecular flexibility index (Phi) is 3.33. The Balaban J connectivity index is 1.94. The molecule has 20 heavy (non-hydrogen) atoms. The first-order valence-corrected chi connectivity index (χ1v) is 7.58. The Morgan fingerprint density at radius 2 is 2.10 bits per heavy atom. The van der Waals surface area contributed by atoms with Crippen molar-refractivity contribution in [2.75, 3.05) is 6.54 Å². The van der Waals surface area contributed by atoms with Crippen LogP contribution in [0, 0.1) is 0 Å². The maximum atomic E-state index is 5.98. The zero-order chi connectivity index (χ0) is 14.3. The molecule has 0 amide bonds. The van der Waals surface area contributed by atoms with Crippen LogP contribution >= 0.6 is 0 Å². The van der Waals surface area contributed by atoms with Crippen LogP contribution in [0.3, 0.4) is 0 Å². The van der Waals surface area contributed by atoms with Gasteiger partial charge in [-0.1, -0.05) is 26.8 Å². The smallest absolute Gasteiger partial charge is 0.198 e. The molecule has 2 atom stereocenters. The van der Waals surface area contributed by atoms with Crippen molar-refractivity contribution in [1.29, 1.82) is 0 Å². The van der Waals surface area contributed by atoms with Gasteiger partial charge in [0.1, 0.15) is 5.52 Å². The fourth-order valence-corrected chi connectivity index (χ4v) is 2.94. The summed E-state index contributed by atoms with van der Waals surface area (Å²) in [4.78, 5) is 4.75. The Hall–Kier alpha value is -1.35. The molecule has 1 fully saturated rings. The minimum atomic E-state index is 0.149. The third-order valence-electron chi connectivity index (χ3n) is 4.24. The van der Waals surface area contributed by atoms with E-state index >= 15 is 0 Å². The lowest BCUT2D eigenvalue weighted by Crippen LogP contribution is -2.34. The molecule has 1 aliphatic heterocycles. The van der Waals surface area contributed by atoms with Crippen molar-refractivity contribution < 1.29 is 4.42 Å². The monoisotopic (exact) mass is 272 g/mol. The van der Waals surface area contributed by atoms with E-state index in [1.807, 2.05) is 0 Å². The Morgan fingerprint density at radius 3 is 2.80 bits per heavy atom. The van der Waals surface area contributed by atoms with Crippen LogP contribution < -0.4 is 5.32 Å². The molecule has 0 radical (unpaired) electrons. The van der Waals surface area contributed by atoms with E-state index in [0.29, 0.717) is 12.0 Å². The van der Waals surface area contributed by atoms with Crippen LogP contribution in [0.4, 0.5) is 0 Å². The number of rotatable bonds is 1. The molecular formula is C17H24N2O. The van der Waals surface area contributed by atoms with Gasteiger partial charge in [-0.2, -0.15) is 0 Å². The van der Waals surface area contributed by atoms with E-state index < -0.39 is 0 Å². The van der Waals surface area contributed by atoms with Gasteiger partial charge in [0, 0.05) is 12.0 Å². The Bertz CT molecular complexity index is 609. The third-order valence-corrected chi connectivity index (χ3v) is 4.24. The number of hydrogen-bond acceptors (Lipinski definition) is 3. The third kappa shape index (κ3) is 2.59. The molecule has 1 aliphatic rings. The van der Waals surface area contributed by atoms with Gasteiger partial charge in [-0.3, -0.25) is 0 Å². The van der Waals surface area contributed by atoms with Crippen LogP contribution in [-0.4, -0.2) is 17.6 Å². The van der Waals surface area contributed by atoms with E-state index in [1.165, 1.54) is 5.56 Å². The van der Waals surface area contributed by atoms with Crippen molar-refractivity contribution in [1.82, 2.24) is 10.3 Å². The van der Waals surface area contributed by atoms with Crippen molar-refractivity contribution in [2.24, 2.45) is 0 Å². The summed E-state index contributed by atoms with van der Waals surface area (Å²) in [7, 11) is 0. The van der Waals surface area contributed by atoms with Crippen LogP contribution in [0.1, 0.15) is 57.9 Å². The molecule has 1 aromatic heterocycles. The Morgan fingerprint density at radius 1 is 1.30 bits per heavy atom. The van der Waals surface area contributed by atoms with E-state index in [4.69, 9.17) is 9.40 Å². The summed E-state index contributed by atoms with van der Waals surface area (Å²) in [6, 6.07) is 6.94. The van der Waals surface area contributed by atoms with E-state index in [1.54, 1.807) is 0 Å². The van der Waals surface area contributed by atoms with Crippen molar-refractivity contribution >= 4 is 11.1 Å². The molecule has 0 saturated carbocycles. The predicted molar refractivity (Wildman–Crippen MR) is 82.1 cm³/mol. The predicted octanol–water partition coefficient (Wildman–Crippen LogP) is 3.98. The van der Waals surface area contributed by atoms with Crippen LogP contribution in [0.15, 0.2) is 22.6 Å². The van der Waals surface area contributed by atoms with E-state index in [-0.39, 0.29) is 5.41 Å². The largest absolute Gasteiger partial charge is 0.440 e. The fourth-order valence-electron chi connectivity index (χ4n) is 2.94. The van der Waals surface area contributed by atoms with Gasteiger partial charge in [-0.25, -0.2) is 4.98 Å². The number of oxazole rings is 1.